The summed E-state index contributed by atoms with van der Waals surface area (Å²) in [6, 6.07) is 1.87. The monoisotopic (exact) mass is 218 g/mol. The van der Waals surface area contributed by atoms with E-state index in [1.807, 2.05) is 19.9 Å². The number of carboxylic acids is 1. The molecule has 16 heavy (non-hydrogen) atoms. The van der Waals surface area contributed by atoms with Gasteiger partial charge >= 0.3 is 5.97 Å². The van der Waals surface area contributed by atoms with Crippen molar-refractivity contribution in [3.05, 3.63) is 29.7 Å². The maximum absolute atomic E-state index is 10.9. The van der Waals surface area contributed by atoms with Gasteiger partial charge in [-0.15, -0.1) is 0 Å². The molecule has 0 spiro atoms. The number of rotatable bonds is 3. The van der Waals surface area contributed by atoms with Crippen LogP contribution in [0.25, 0.3) is 10.9 Å². The molecule has 2 rings (SSSR count). The molecule has 0 aromatic carbocycles. The quantitative estimate of drug-likeness (QED) is 0.830. The van der Waals surface area contributed by atoms with Crippen molar-refractivity contribution in [3.63, 3.8) is 0 Å². The number of fused-ring (bicyclic) bond motifs is 1. The Morgan fingerprint density at radius 1 is 1.56 bits per heavy atom. The summed E-state index contributed by atoms with van der Waals surface area (Å²) in [6.45, 7) is 4.09. The van der Waals surface area contributed by atoms with Crippen LogP contribution in [0.5, 0.6) is 0 Å². The molecule has 0 aliphatic rings. The zero-order valence-corrected chi connectivity index (χ0v) is 9.32. The van der Waals surface area contributed by atoms with E-state index in [2.05, 4.69) is 9.97 Å². The Balaban J connectivity index is 2.64. The predicted molar refractivity (Wildman–Crippen MR) is 61.5 cm³/mol. The Bertz CT molecular complexity index is 529. The standard InChI is InChI=1S/C12H14N2O2/c1-7(2)12-8(5-11(15)16)9-6-13-4-3-10(9)14-12/h3-4,6-7,14H,5H2,1-2H3,(H,15,16). The number of aliphatic carboxylic acids is 1. The fourth-order valence-corrected chi connectivity index (χ4v) is 1.94. The van der Waals surface area contributed by atoms with Gasteiger partial charge in [0.25, 0.3) is 0 Å². The normalized spacial score (nSPS) is 11.2. The minimum absolute atomic E-state index is 0.0409. The van der Waals surface area contributed by atoms with E-state index < -0.39 is 5.97 Å². The van der Waals surface area contributed by atoms with Gasteiger partial charge in [-0.05, 0) is 17.5 Å². The fourth-order valence-electron chi connectivity index (χ4n) is 1.94. The van der Waals surface area contributed by atoms with E-state index in [4.69, 9.17) is 5.11 Å². The van der Waals surface area contributed by atoms with E-state index in [1.165, 1.54) is 0 Å². The first-order chi connectivity index (χ1) is 7.59. The van der Waals surface area contributed by atoms with Gasteiger partial charge in [0.1, 0.15) is 0 Å². The molecule has 0 atom stereocenters. The van der Waals surface area contributed by atoms with E-state index in [-0.39, 0.29) is 12.3 Å². The van der Waals surface area contributed by atoms with Crippen molar-refractivity contribution in [2.24, 2.45) is 0 Å². The van der Waals surface area contributed by atoms with Crippen LogP contribution in [0.1, 0.15) is 31.0 Å². The van der Waals surface area contributed by atoms with Gasteiger partial charge in [-0.1, -0.05) is 13.8 Å². The van der Waals surface area contributed by atoms with Crippen molar-refractivity contribution in [3.8, 4) is 0 Å². The number of hydrogen-bond donors (Lipinski definition) is 2. The van der Waals surface area contributed by atoms with Crippen LogP contribution in [0.3, 0.4) is 0 Å². The molecule has 0 unspecified atom stereocenters. The summed E-state index contributed by atoms with van der Waals surface area (Å²) in [5.74, 6) is -0.534. The largest absolute Gasteiger partial charge is 0.481 e. The average Bonchev–Trinajstić information content (AvgIpc) is 2.57. The number of nitrogens with zero attached hydrogens (tertiary/aromatic N) is 1. The minimum Gasteiger partial charge on any atom is -0.481 e. The average molecular weight is 218 g/mol. The van der Waals surface area contributed by atoms with E-state index in [0.29, 0.717) is 0 Å². The van der Waals surface area contributed by atoms with E-state index in [0.717, 1.165) is 22.2 Å². The first-order valence-electron chi connectivity index (χ1n) is 5.26. The second kappa shape index (κ2) is 3.96. The van der Waals surface area contributed by atoms with Gasteiger partial charge in [0, 0.05) is 29.0 Å². The number of aromatic amines is 1. The summed E-state index contributed by atoms with van der Waals surface area (Å²) in [7, 11) is 0. The molecule has 0 bridgehead atoms. The highest BCUT2D eigenvalue weighted by Gasteiger charge is 2.16. The Morgan fingerprint density at radius 3 is 2.94 bits per heavy atom. The second-order valence-corrected chi connectivity index (χ2v) is 4.16. The molecule has 2 heterocycles. The van der Waals surface area contributed by atoms with Crippen LogP contribution in [0.15, 0.2) is 18.5 Å². The number of carboxylic acid groups (broad SMARTS) is 1. The Labute approximate surface area is 93.3 Å². The van der Waals surface area contributed by atoms with E-state index >= 15 is 0 Å². The highest BCUT2D eigenvalue weighted by Crippen LogP contribution is 2.27. The van der Waals surface area contributed by atoms with Gasteiger partial charge in [0.05, 0.1) is 6.42 Å². The molecule has 0 aliphatic carbocycles. The van der Waals surface area contributed by atoms with Gasteiger partial charge in [0.15, 0.2) is 0 Å². The number of aromatic nitrogens is 2. The molecule has 84 valence electrons. The lowest BCUT2D eigenvalue weighted by molar-refractivity contribution is -0.136. The van der Waals surface area contributed by atoms with Crippen LogP contribution in [-0.2, 0) is 11.2 Å². The van der Waals surface area contributed by atoms with Crippen molar-refractivity contribution in [1.29, 1.82) is 0 Å². The summed E-state index contributed by atoms with van der Waals surface area (Å²) in [4.78, 5) is 18.2. The van der Waals surface area contributed by atoms with Crippen molar-refractivity contribution >= 4 is 16.9 Å². The molecular formula is C12H14N2O2. The van der Waals surface area contributed by atoms with Gasteiger partial charge in [-0.25, -0.2) is 0 Å². The van der Waals surface area contributed by atoms with Crippen molar-refractivity contribution in [2.75, 3.05) is 0 Å². The molecule has 0 aliphatic heterocycles. The maximum Gasteiger partial charge on any atom is 0.307 e. The first kappa shape index (κ1) is 10.7. The second-order valence-electron chi connectivity index (χ2n) is 4.16. The number of carbonyl (C=O) groups is 1. The van der Waals surface area contributed by atoms with Crippen molar-refractivity contribution in [1.82, 2.24) is 9.97 Å². The molecule has 0 saturated carbocycles. The SMILES string of the molecule is CC(C)c1[nH]c2ccncc2c1CC(=O)O. The summed E-state index contributed by atoms with van der Waals surface area (Å²) in [5.41, 5.74) is 2.80. The van der Waals surface area contributed by atoms with Crippen LogP contribution in [0.2, 0.25) is 0 Å². The summed E-state index contributed by atoms with van der Waals surface area (Å²) in [6.07, 6.45) is 3.46. The molecule has 2 aromatic rings. The van der Waals surface area contributed by atoms with Crippen LogP contribution < -0.4 is 0 Å². The van der Waals surface area contributed by atoms with Gasteiger partial charge in [-0.3, -0.25) is 9.78 Å². The highest BCUT2D eigenvalue weighted by atomic mass is 16.4. The molecular weight excluding hydrogens is 204 g/mol. The van der Waals surface area contributed by atoms with E-state index in [1.54, 1.807) is 12.4 Å². The van der Waals surface area contributed by atoms with Gasteiger partial charge in [-0.2, -0.15) is 0 Å². The zero-order valence-electron chi connectivity index (χ0n) is 9.32. The smallest absolute Gasteiger partial charge is 0.307 e. The molecule has 0 amide bonds. The first-order valence-corrected chi connectivity index (χ1v) is 5.26. The van der Waals surface area contributed by atoms with Crippen molar-refractivity contribution < 1.29 is 9.90 Å². The maximum atomic E-state index is 10.9. The highest BCUT2D eigenvalue weighted by molar-refractivity contribution is 5.87. The number of hydrogen-bond acceptors (Lipinski definition) is 2. The van der Waals surface area contributed by atoms with Crippen LogP contribution in [0.4, 0.5) is 0 Å². The fraction of sp³-hybridized carbons (Fsp3) is 0.333. The number of H-pyrrole nitrogens is 1. The Morgan fingerprint density at radius 2 is 2.31 bits per heavy atom. The lowest BCUT2D eigenvalue weighted by Gasteiger charge is -2.05. The zero-order chi connectivity index (χ0) is 11.7. The molecule has 0 fully saturated rings. The third-order valence-electron chi connectivity index (χ3n) is 2.65. The van der Waals surface area contributed by atoms with Gasteiger partial charge in [0.2, 0.25) is 0 Å². The molecule has 0 radical (unpaired) electrons. The third-order valence-corrected chi connectivity index (χ3v) is 2.65. The lowest BCUT2D eigenvalue weighted by atomic mass is 10.0. The van der Waals surface area contributed by atoms with Crippen molar-refractivity contribution in [2.45, 2.75) is 26.2 Å². The molecule has 4 heteroatoms. The number of pyridine rings is 1. The van der Waals surface area contributed by atoms with Crippen LogP contribution in [0, 0.1) is 0 Å². The Hall–Kier alpha value is -1.84. The topological polar surface area (TPSA) is 66.0 Å². The minimum atomic E-state index is -0.813. The summed E-state index contributed by atoms with van der Waals surface area (Å²) in [5, 5.41) is 9.83. The molecule has 2 N–H and O–H groups in total. The summed E-state index contributed by atoms with van der Waals surface area (Å²) < 4.78 is 0. The van der Waals surface area contributed by atoms with Crippen LogP contribution in [-0.4, -0.2) is 21.0 Å². The third kappa shape index (κ3) is 1.78. The molecule has 0 saturated heterocycles. The number of nitrogens with one attached hydrogen (secondary N) is 1. The molecule has 2 aromatic heterocycles. The molecule has 4 nitrogen and oxygen atoms in total. The predicted octanol–water partition coefficient (Wildman–Crippen LogP) is 2.31. The van der Waals surface area contributed by atoms with Gasteiger partial charge < -0.3 is 10.1 Å². The Kier molecular flexibility index (Phi) is 2.64. The van der Waals surface area contributed by atoms with Crippen LogP contribution >= 0.6 is 0 Å². The lowest BCUT2D eigenvalue weighted by Crippen LogP contribution is -2.03. The summed E-state index contributed by atoms with van der Waals surface area (Å²) >= 11 is 0. The van der Waals surface area contributed by atoms with E-state index in [9.17, 15) is 4.79 Å².